The van der Waals surface area contributed by atoms with Gasteiger partial charge in [-0.15, -0.1) is 0 Å². The van der Waals surface area contributed by atoms with Crippen molar-refractivity contribution in [2.24, 2.45) is 11.8 Å². The second-order valence-corrected chi connectivity index (χ2v) is 6.91. The van der Waals surface area contributed by atoms with E-state index in [-0.39, 0.29) is 19.6 Å². The fraction of sp³-hybridized carbons (Fsp3) is 0.526. The summed E-state index contributed by atoms with van der Waals surface area (Å²) in [4.78, 5) is 37.9. The normalized spacial score (nSPS) is 28.5. The molecule has 6 nitrogen and oxygen atoms in total. The molecule has 0 bridgehead atoms. The molecule has 0 heterocycles. The third-order valence-electron chi connectivity index (χ3n) is 4.61. The zero-order chi connectivity index (χ0) is 19.5. The Morgan fingerprint density at radius 3 is 2.35 bits per heavy atom. The highest BCUT2D eigenvalue weighted by atomic mass is 35.5. The second-order valence-electron chi connectivity index (χ2n) is 6.51. The fourth-order valence-electron chi connectivity index (χ4n) is 3.60. The van der Waals surface area contributed by atoms with Crippen LogP contribution in [-0.2, 0) is 23.9 Å². The van der Waals surface area contributed by atoms with Crippen LogP contribution in [0.3, 0.4) is 0 Å². The van der Waals surface area contributed by atoms with Crippen LogP contribution in [0, 0.1) is 11.8 Å². The maximum atomic E-state index is 12.7. The van der Waals surface area contributed by atoms with Crippen LogP contribution >= 0.6 is 11.6 Å². The molecule has 0 amide bonds. The molecule has 1 aliphatic carbocycles. The molecule has 0 spiro atoms. The number of benzene rings is 1. The Kier molecular flexibility index (Phi) is 6.42. The van der Waals surface area contributed by atoms with Crippen LogP contribution in [0.1, 0.15) is 38.7 Å². The van der Waals surface area contributed by atoms with Crippen LogP contribution in [0.15, 0.2) is 24.3 Å². The van der Waals surface area contributed by atoms with Gasteiger partial charge in [0, 0.05) is 17.4 Å². The molecule has 0 aliphatic heterocycles. The Bertz CT molecular complexity index is 699. The lowest BCUT2D eigenvalue weighted by atomic mass is 9.61. The fourth-order valence-corrected chi connectivity index (χ4v) is 3.86. The summed E-state index contributed by atoms with van der Waals surface area (Å²) >= 11 is 6.30. The van der Waals surface area contributed by atoms with E-state index in [0.29, 0.717) is 10.6 Å². The SMILES string of the molecule is CCOC(=O)C1C(=O)CC(C)(O)C(C(=O)OCC)C1c1ccccc1Cl. The second kappa shape index (κ2) is 8.18. The number of ether oxygens (including phenoxy) is 2. The average Bonchev–Trinajstić information content (AvgIpc) is 2.54. The van der Waals surface area contributed by atoms with Crippen molar-refractivity contribution in [1.82, 2.24) is 0 Å². The van der Waals surface area contributed by atoms with E-state index in [1.165, 1.54) is 6.92 Å². The Morgan fingerprint density at radius 2 is 1.77 bits per heavy atom. The van der Waals surface area contributed by atoms with Crippen molar-refractivity contribution in [2.45, 2.75) is 38.7 Å². The van der Waals surface area contributed by atoms with Crippen molar-refractivity contribution in [3.05, 3.63) is 34.9 Å². The highest BCUT2D eigenvalue weighted by Gasteiger charge is 2.57. The van der Waals surface area contributed by atoms with E-state index in [0.717, 1.165) is 0 Å². The summed E-state index contributed by atoms with van der Waals surface area (Å²) in [5.41, 5.74) is -1.24. The molecule has 4 unspecified atom stereocenters. The van der Waals surface area contributed by atoms with Gasteiger partial charge in [0.05, 0.1) is 24.7 Å². The highest BCUT2D eigenvalue weighted by Crippen LogP contribution is 2.48. The summed E-state index contributed by atoms with van der Waals surface area (Å²) in [6, 6.07) is 6.64. The first-order chi connectivity index (χ1) is 12.2. The van der Waals surface area contributed by atoms with Gasteiger partial charge >= 0.3 is 11.9 Å². The minimum Gasteiger partial charge on any atom is -0.466 e. The summed E-state index contributed by atoms with van der Waals surface area (Å²) in [5, 5.41) is 11.1. The van der Waals surface area contributed by atoms with Crippen LogP contribution in [0.5, 0.6) is 0 Å². The number of hydrogen-bond acceptors (Lipinski definition) is 6. The molecule has 1 saturated carbocycles. The Morgan fingerprint density at radius 1 is 1.19 bits per heavy atom. The van der Waals surface area contributed by atoms with E-state index in [1.807, 2.05) is 0 Å². The van der Waals surface area contributed by atoms with Gasteiger partial charge in [0.2, 0.25) is 0 Å². The van der Waals surface area contributed by atoms with Gasteiger partial charge in [0.1, 0.15) is 5.92 Å². The smallest absolute Gasteiger partial charge is 0.317 e. The number of halogens is 1. The van der Waals surface area contributed by atoms with E-state index in [2.05, 4.69) is 0 Å². The molecule has 0 saturated heterocycles. The van der Waals surface area contributed by atoms with Gasteiger partial charge < -0.3 is 14.6 Å². The van der Waals surface area contributed by atoms with Crippen LogP contribution in [0.4, 0.5) is 0 Å². The van der Waals surface area contributed by atoms with Crippen LogP contribution < -0.4 is 0 Å². The number of carbonyl (C=O) groups is 3. The molecular weight excluding hydrogens is 360 g/mol. The molecule has 0 radical (unpaired) electrons. The van der Waals surface area contributed by atoms with Crippen LogP contribution in [0.25, 0.3) is 0 Å². The number of aliphatic hydroxyl groups is 1. The summed E-state index contributed by atoms with van der Waals surface area (Å²) in [7, 11) is 0. The van der Waals surface area contributed by atoms with Gasteiger partial charge in [0.15, 0.2) is 5.78 Å². The third kappa shape index (κ3) is 3.91. The molecule has 0 aromatic heterocycles. The molecule has 1 fully saturated rings. The van der Waals surface area contributed by atoms with E-state index in [4.69, 9.17) is 21.1 Å². The molecule has 4 atom stereocenters. The minimum atomic E-state index is -1.67. The molecule has 1 aliphatic rings. The zero-order valence-electron chi connectivity index (χ0n) is 15.0. The molecule has 2 rings (SSSR count). The van der Waals surface area contributed by atoms with Crippen LogP contribution in [-0.4, -0.2) is 41.6 Å². The molecule has 7 heteroatoms. The predicted octanol–water partition coefficient (Wildman–Crippen LogP) is 2.51. The number of esters is 2. The van der Waals surface area contributed by atoms with Gasteiger partial charge in [-0.3, -0.25) is 14.4 Å². The maximum Gasteiger partial charge on any atom is 0.317 e. The van der Waals surface area contributed by atoms with Crippen molar-refractivity contribution < 1.29 is 29.0 Å². The largest absolute Gasteiger partial charge is 0.466 e. The first-order valence-corrected chi connectivity index (χ1v) is 8.95. The quantitative estimate of drug-likeness (QED) is 0.621. The first kappa shape index (κ1) is 20.4. The topological polar surface area (TPSA) is 89.9 Å². The summed E-state index contributed by atoms with van der Waals surface area (Å²) < 4.78 is 10.2. The summed E-state index contributed by atoms with van der Waals surface area (Å²) in [6.07, 6.45) is -0.346. The lowest BCUT2D eigenvalue weighted by Gasteiger charge is -2.43. The van der Waals surface area contributed by atoms with Crippen molar-refractivity contribution in [3.8, 4) is 0 Å². The van der Waals surface area contributed by atoms with Gasteiger partial charge in [-0.1, -0.05) is 29.8 Å². The molecule has 1 N–H and O–H groups in total. The van der Waals surface area contributed by atoms with E-state index < -0.39 is 41.1 Å². The minimum absolute atomic E-state index is 0.0956. The Balaban J connectivity index is 2.64. The maximum absolute atomic E-state index is 12.7. The lowest BCUT2D eigenvalue weighted by molar-refractivity contribution is -0.172. The highest BCUT2D eigenvalue weighted by molar-refractivity contribution is 6.31. The number of Topliss-reactive ketones (excluding diaryl/α,β-unsaturated/α-hetero) is 1. The van der Waals surface area contributed by atoms with Crippen molar-refractivity contribution in [1.29, 1.82) is 0 Å². The van der Waals surface area contributed by atoms with Crippen molar-refractivity contribution in [3.63, 3.8) is 0 Å². The number of rotatable bonds is 5. The van der Waals surface area contributed by atoms with Crippen molar-refractivity contribution in [2.75, 3.05) is 13.2 Å². The average molecular weight is 383 g/mol. The Hall–Kier alpha value is -1.92. The molecule has 26 heavy (non-hydrogen) atoms. The number of hydrogen-bond donors (Lipinski definition) is 1. The standard InChI is InChI=1S/C19H23ClO6/c1-4-25-17(22)15-13(21)10-19(3,24)16(18(23)26-5-2)14(15)11-8-6-7-9-12(11)20/h6-9,14-16,24H,4-5,10H2,1-3H3. The predicted molar refractivity (Wildman–Crippen MR) is 94.7 cm³/mol. The molecule has 142 valence electrons. The monoisotopic (exact) mass is 382 g/mol. The van der Waals surface area contributed by atoms with Crippen LogP contribution in [0.2, 0.25) is 5.02 Å². The first-order valence-electron chi connectivity index (χ1n) is 8.57. The summed E-state index contributed by atoms with van der Waals surface area (Å²) in [6.45, 7) is 4.89. The van der Waals surface area contributed by atoms with Gasteiger partial charge in [0.25, 0.3) is 0 Å². The lowest BCUT2D eigenvalue weighted by Crippen LogP contribution is -2.55. The molecular formula is C19H23ClO6. The number of carbonyl (C=O) groups excluding carboxylic acids is 3. The van der Waals surface area contributed by atoms with E-state index >= 15 is 0 Å². The third-order valence-corrected chi connectivity index (χ3v) is 4.96. The van der Waals surface area contributed by atoms with Gasteiger partial charge in [-0.25, -0.2) is 0 Å². The van der Waals surface area contributed by atoms with E-state index in [9.17, 15) is 19.5 Å². The molecule has 1 aromatic rings. The molecule has 1 aromatic carbocycles. The van der Waals surface area contributed by atoms with Gasteiger partial charge in [-0.2, -0.15) is 0 Å². The Labute approximate surface area is 157 Å². The van der Waals surface area contributed by atoms with Gasteiger partial charge in [-0.05, 0) is 32.4 Å². The zero-order valence-corrected chi connectivity index (χ0v) is 15.8. The van der Waals surface area contributed by atoms with Crippen molar-refractivity contribution >= 4 is 29.3 Å². The number of ketones is 1. The summed E-state index contributed by atoms with van der Waals surface area (Å²) in [5.74, 6) is -5.23. The van der Waals surface area contributed by atoms with E-state index in [1.54, 1.807) is 38.1 Å².